The lowest BCUT2D eigenvalue weighted by molar-refractivity contribution is 0.127. The van der Waals surface area contributed by atoms with Crippen molar-refractivity contribution in [1.82, 2.24) is 9.55 Å². The summed E-state index contributed by atoms with van der Waals surface area (Å²) in [6, 6.07) is 5.12. The van der Waals surface area contributed by atoms with E-state index >= 15 is 0 Å². The molecule has 92 valence electrons. The number of methoxy groups -OCH3 is 1. The largest absolute Gasteiger partial charge is 0.497 e. The van der Waals surface area contributed by atoms with E-state index in [0.29, 0.717) is 22.6 Å². The van der Waals surface area contributed by atoms with E-state index in [2.05, 4.69) is 4.98 Å². The minimum absolute atomic E-state index is 0.101. The molecular weight excluding hydrogens is 250 g/mol. The SMILES string of the molecule is COc1ccc2c(c1)nc(CCl)n2CC(F)F. The van der Waals surface area contributed by atoms with E-state index in [0.717, 1.165) is 0 Å². The van der Waals surface area contributed by atoms with Gasteiger partial charge in [-0.2, -0.15) is 0 Å². The number of hydrogen-bond donors (Lipinski definition) is 0. The molecule has 0 bridgehead atoms. The average Bonchev–Trinajstić information content (AvgIpc) is 2.65. The second-order valence-electron chi connectivity index (χ2n) is 3.52. The van der Waals surface area contributed by atoms with E-state index in [-0.39, 0.29) is 5.88 Å². The Bertz CT molecular complexity index is 527. The Morgan fingerprint density at radius 2 is 2.24 bits per heavy atom. The lowest BCUT2D eigenvalue weighted by atomic mass is 10.3. The van der Waals surface area contributed by atoms with Gasteiger partial charge in [0.2, 0.25) is 0 Å². The third-order valence-electron chi connectivity index (χ3n) is 2.47. The molecule has 0 atom stereocenters. The van der Waals surface area contributed by atoms with Crippen LogP contribution in [0, 0.1) is 0 Å². The second kappa shape index (κ2) is 4.87. The molecule has 0 unspecified atom stereocenters. The fourth-order valence-electron chi connectivity index (χ4n) is 1.73. The van der Waals surface area contributed by atoms with Gasteiger partial charge in [0.15, 0.2) is 0 Å². The molecule has 1 aromatic carbocycles. The van der Waals surface area contributed by atoms with Crippen molar-refractivity contribution in [3.8, 4) is 5.75 Å². The predicted octanol–water partition coefficient (Wildman–Crippen LogP) is 3.05. The van der Waals surface area contributed by atoms with Crippen molar-refractivity contribution in [3.63, 3.8) is 0 Å². The summed E-state index contributed by atoms with van der Waals surface area (Å²) in [5.74, 6) is 1.18. The van der Waals surface area contributed by atoms with Crippen LogP contribution in [-0.4, -0.2) is 23.1 Å². The highest BCUT2D eigenvalue weighted by Crippen LogP contribution is 2.23. The summed E-state index contributed by atoms with van der Waals surface area (Å²) in [6.07, 6.45) is -2.43. The molecule has 3 nitrogen and oxygen atoms in total. The summed E-state index contributed by atoms with van der Waals surface area (Å²) in [6.45, 7) is -0.398. The minimum Gasteiger partial charge on any atom is -0.497 e. The van der Waals surface area contributed by atoms with Gasteiger partial charge in [0.1, 0.15) is 11.6 Å². The summed E-state index contributed by atoms with van der Waals surface area (Å²) in [4.78, 5) is 4.21. The van der Waals surface area contributed by atoms with Crippen LogP contribution in [0.2, 0.25) is 0 Å². The number of rotatable bonds is 4. The molecule has 0 saturated carbocycles. The maximum absolute atomic E-state index is 12.5. The number of alkyl halides is 3. The van der Waals surface area contributed by atoms with Gasteiger partial charge in [0.05, 0.1) is 30.6 Å². The van der Waals surface area contributed by atoms with Crippen molar-refractivity contribution >= 4 is 22.6 Å². The van der Waals surface area contributed by atoms with E-state index in [1.165, 1.54) is 4.57 Å². The highest BCUT2D eigenvalue weighted by molar-refractivity contribution is 6.16. The Morgan fingerprint density at radius 1 is 1.47 bits per heavy atom. The van der Waals surface area contributed by atoms with Gasteiger partial charge in [-0.1, -0.05) is 0 Å². The molecule has 1 aromatic heterocycles. The van der Waals surface area contributed by atoms with Crippen LogP contribution >= 0.6 is 11.6 Å². The molecule has 0 saturated heterocycles. The lowest BCUT2D eigenvalue weighted by Crippen LogP contribution is -2.09. The molecule has 0 radical (unpaired) electrons. The van der Waals surface area contributed by atoms with Crippen molar-refractivity contribution in [3.05, 3.63) is 24.0 Å². The number of aromatic nitrogens is 2. The zero-order valence-corrected chi connectivity index (χ0v) is 9.92. The van der Waals surface area contributed by atoms with E-state index in [4.69, 9.17) is 16.3 Å². The van der Waals surface area contributed by atoms with Crippen LogP contribution in [-0.2, 0) is 12.4 Å². The zero-order valence-electron chi connectivity index (χ0n) is 9.16. The molecule has 0 fully saturated rings. The number of halogens is 3. The zero-order chi connectivity index (χ0) is 12.4. The Kier molecular flexibility index (Phi) is 3.47. The fraction of sp³-hybridized carbons (Fsp3) is 0.364. The molecule has 6 heteroatoms. The first-order valence-electron chi connectivity index (χ1n) is 5.03. The number of hydrogen-bond acceptors (Lipinski definition) is 2. The summed E-state index contributed by atoms with van der Waals surface area (Å²) in [5.41, 5.74) is 1.25. The van der Waals surface area contributed by atoms with Gasteiger partial charge in [0.25, 0.3) is 6.43 Å². The first-order chi connectivity index (χ1) is 8.15. The Balaban J connectivity index is 2.55. The third-order valence-corrected chi connectivity index (χ3v) is 2.71. The number of benzene rings is 1. The Hall–Kier alpha value is -1.36. The molecule has 0 aliphatic rings. The normalized spacial score (nSPS) is 11.4. The van der Waals surface area contributed by atoms with Gasteiger partial charge < -0.3 is 9.30 Å². The monoisotopic (exact) mass is 260 g/mol. The standard InChI is InChI=1S/C11H11ClF2N2O/c1-17-7-2-3-9-8(4-7)15-11(5-12)16(9)6-10(13)14/h2-4,10H,5-6H2,1H3. The average molecular weight is 261 g/mol. The molecule has 0 spiro atoms. The molecule has 17 heavy (non-hydrogen) atoms. The molecule has 0 amide bonds. The highest BCUT2D eigenvalue weighted by atomic mass is 35.5. The Morgan fingerprint density at radius 3 is 2.82 bits per heavy atom. The maximum Gasteiger partial charge on any atom is 0.256 e. The summed E-state index contributed by atoms with van der Waals surface area (Å²) in [7, 11) is 1.54. The maximum atomic E-state index is 12.5. The number of nitrogens with zero attached hydrogens (tertiary/aromatic N) is 2. The van der Waals surface area contributed by atoms with Crippen molar-refractivity contribution in [2.24, 2.45) is 0 Å². The van der Waals surface area contributed by atoms with Gasteiger partial charge >= 0.3 is 0 Å². The molecule has 0 aliphatic heterocycles. The van der Waals surface area contributed by atoms with Crippen LogP contribution in [0.1, 0.15) is 5.82 Å². The number of ether oxygens (including phenoxy) is 1. The summed E-state index contributed by atoms with van der Waals surface area (Å²) < 4.78 is 31.4. The molecule has 2 rings (SSSR count). The quantitative estimate of drug-likeness (QED) is 0.790. The van der Waals surface area contributed by atoms with Crippen molar-refractivity contribution < 1.29 is 13.5 Å². The van der Waals surface area contributed by atoms with E-state index in [1.54, 1.807) is 25.3 Å². The van der Waals surface area contributed by atoms with Crippen LogP contribution in [0.15, 0.2) is 18.2 Å². The van der Waals surface area contributed by atoms with Gasteiger partial charge in [-0.05, 0) is 12.1 Å². The first kappa shape index (κ1) is 12.1. The number of imidazole rings is 1. The van der Waals surface area contributed by atoms with Crippen LogP contribution in [0.4, 0.5) is 8.78 Å². The topological polar surface area (TPSA) is 27.1 Å². The smallest absolute Gasteiger partial charge is 0.256 e. The van der Waals surface area contributed by atoms with Crippen molar-refractivity contribution in [2.75, 3.05) is 7.11 Å². The highest BCUT2D eigenvalue weighted by Gasteiger charge is 2.14. The predicted molar refractivity (Wildman–Crippen MR) is 61.8 cm³/mol. The summed E-state index contributed by atoms with van der Waals surface area (Å²) in [5, 5.41) is 0. The first-order valence-corrected chi connectivity index (χ1v) is 5.56. The molecule has 1 heterocycles. The van der Waals surface area contributed by atoms with Crippen molar-refractivity contribution in [1.29, 1.82) is 0 Å². The van der Waals surface area contributed by atoms with Gasteiger partial charge in [-0.15, -0.1) is 11.6 Å². The number of fused-ring (bicyclic) bond motifs is 1. The lowest BCUT2D eigenvalue weighted by Gasteiger charge is -2.06. The minimum atomic E-state index is -2.43. The molecule has 0 aliphatic carbocycles. The molecular formula is C11H11ClF2N2O. The second-order valence-corrected chi connectivity index (χ2v) is 3.79. The van der Waals surface area contributed by atoms with Crippen LogP contribution in [0.3, 0.4) is 0 Å². The fourth-order valence-corrected chi connectivity index (χ4v) is 1.93. The van der Waals surface area contributed by atoms with E-state index < -0.39 is 13.0 Å². The van der Waals surface area contributed by atoms with Gasteiger partial charge in [-0.3, -0.25) is 0 Å². The van der Waals surface area contributed by atoms with Gasteiger partial charge in [0, 0.05) is 6.07 Å². The molecule has 0 N–H and O–H groups in total. The van der Waals surface area contributed by atoms with Gasteiger partial charge in [-0.25, -0.2) is 13.8 Å². The van der Waals surface area contributed by atoms with Crippen molar-refractivity contribution in [2.45, 2.75) is 18.9 Å². The van der Waals surface area contributed by atoms with E-state index in [1.807, 2.05) is 0 Å². The van der Waals surface area contributed by atoms with Crippen LogP contribution < -0.4 is 4.74 Å². The van der Waals surface area contributed by atoms with E-state index in [9.17, 15) is 8.78 Å². The summed E-state index contributed by atoms with van der Waals surface area (Å²) >= 11 is 5.70. The molecule has 2 aromatic rings. The Labute approximate surface area is 102 Å². The van der Waals surface area contributed by atoms with Crippen LogP contribution in [0.25, 0.3) is 11.0 Å². The van der Waals surface area contributed by atoms with Crippen LogP contribution in [0.5, 0.6) is 5.75 Å². The third kappa shape index (κ3) is 2.34.